The zero-order valence-electron chi connectivity index (χ0n) is 5.90. The first kappa shape index (κ1) is 7.09. The maximum atomic E-state index is 5.61. The van der Waals surface area contributed by atoms with Crippen LogP contribution < -0.4 is 5.84 Å². The third-order valence-corrected chi connectivity index (χ3v) is 1.49. The fraction of sp³-hybridized carbons (Fsp3) is 0.250. The van der Waals surface area contributed by atoms with Crippen LogP contribution in [-0.2, 0) is 0 Å². The van der Waals surface area contributed by atoms with Gasteiger partial charge in [0.25, 0.3) is 0 Å². The van der Waals surface area contributed by atoms with E-state index in [9.17, 15) is 0 Å². The first-order valence-corrected chi connectivity index (χ1v) is 3.33. The Morgan fingerprint density at radius 1 is 1.60 bits per heavy atom. The summed E-state index contributed by atoms with van der Waals surface area (Å²) in [6, 6.07) is 0.294. The molecular weight excluding hydrogens is 124 g/mol. The molecule has 0 amide bonds. The maximum Gasteiger partial charge on any atom is 0.0663 e. The van der Waals surface area contributed by atoms with Gasteiger partial charge in [0.1, 0.15) is 0 Å². The van der Waals surface area contributed by atoms with Gasteiger partial charge in [-0.1, -0.05) is 18.2 Å². The Balaban J connectivity index is 2.52. The second-order valence-electron chi connectivity index (χ2n) is 2.27. The third-order valence-electron chi connectivity index (χ3n) is 1.49. The van der Waals surface area contributed by atoms with Crippen LogP contribution in [0.1, 0.15) is 6.42 Å². The van der Waals surface area contributed by atoms with Crippen molar-refractivity contribution >= 4 is 0 Å². The number of hydrogen-bond donors (Lipinski definition) is 1. The molecule has 1 heterocycles. The monoisotopic (exact) mass is 136 g/mol. The summed E-state index contributed by atoms with van der Waals surface area (Å²) in [5.41, 5.74) is 0. The standard InChI is InChI=1S/C8H12N2/c1-2-5-8-6-3-4-7-10(8)9/h2-4,6-8H,1,5,9H2. The topological polar surface area (TPSA) is 29.3 Å². The highest BCUT2D eigenvalue weighted by atomic mass is 15.4. The number of allylic oxidation sites excluding steroid dienone is 2. The summed E-state index contributed by atoms with van der Waals surface area (Å²) in [6.45, 7) is 3.65. The molecule has 0 aromatic rings. The Hall–Kier alpha value is -1.02. The average molecular weight is 136 g/mol. The lowest BCUT2D eigenvalue weighted by atomic mass is 10.1. The molecule has 54 valence electrons. The number of hydrazine groups is 1. The van der Waals surface area contributed by atoms with Crippen LogP contribution in [0.15, 0.2) is 37.1 Å². The van der Waals surface area contributed by atoms with Crippen molar-refractivity contribution in [1.29, 1.82) is 0 Å². The van der Waals surface area contributed by atoms with Crippen LogP contribution in [0.4, 0.5) is 0 Å². The van der Waals surface area contributed by atoms with Crippen LogP contribution in [0.5, 0.6) is 0 Å². The summed E-state index contributed by atoms with van der Waals surface area (Å²) < 4.78 is 0. The maximum absolute atomic E-state index is 5.61. The Kier molecular flexibility index (Phi) is 2.29. The molecule has 0 saturated carbocycles. The van der Waals surface area contributed by atoms with Crippen molar-refractivity contribution in [1.82, 2.24) is 5.01 Å². The molecule has 0 aliphatic carbocycles. The summed E-state index contributed by atoms with van der Waals surface area (Å²) >= 11 is 0. The molecule has 2 N–H and O–H groups in total. The van der Waals surface area contributed by atoms with Crippen LogP contribution in [-0.4, -0.2) is 11.1 Å². The molecule has 0 spiro atoms. The molecule has 1 aliphatic rings. The lowest BCUT2D eigenvalue weighted by Crippen LogP contribution is -2.35. The van der Waals surface area contributed by atoms with Crippen molar-refractivity contribution in [3.63, 3.8) is 0 Å². The van der Waals surface area contributed by atoms with E-state index in [1.165, 1.54) is 0 Å². The molecule has 0 fully saturated rings. The SMILES string of the molecule is C=CCC1C=CC=CN1N. The predicted octanol–water partition coefficient (Wildman–Crippen LogP) is 1.19. The predicted molar refractivity (Wildman–Crippen MR) is 42.9 cm³/mol. The largest absolute Gasteiger partial charge is 0.311 e. The fourth-order valence-electron chi connectivity index (χ4n) is 0.922. The van der Waals surface area contributed by atoms with Gasteiger partial charge in [0.2, 0.25) is 0 Å². The van der Waals surface area contributed by atoms with Crippen LogP contribution in [0.25, 0.3) is 0 Å². The Labute approximate surface area is 61.3 Å². The van der Waals surface area contributed by atoms with Gasteiger partial charge < -0.3 is 5.01 Å². The van der Waals surface area contributed by atoms with Crippen molar-refractivity contribution in [3.05, 3.63) is 37.1 Å². The quantitative estimate of drug-likeness (QED) is 0.456. The van der Waals surface area contributed by atoms with Crippen molar-refractivity contribution in [2.24, 2.45) is 5.84 Å². The van der Waals surface area contributed by atoms with Crippen LogP contribution in [0, 0.1) is 0 Å². The first-order chi connectivity index (χ1) is 4.84. The van der Waals surface area contributed by atoms with Crippen LogP contribution >= 0.6 is 0 Å². The van der Waals surface area contributed by atoms with Crippen LogP contribution in [0.3, 0.4) is 0 Å². The first-order valence-electron chi connectivity index (χ1n) is 3.33. The highest BCUT2D eigenvalue weighted by Crippen LogP contribution is 2.06. The van der Waals surface area contributed by atoms with Crippen molar-refractivity contribution < 1.29 is 0 Å². The zero-order valence-corrected chi connectivity index (χ0v) is 5.90. The molecule has 0 radical (unpaired) electrons. The Morgan fingerprint density at radius 3 is 3.00 bits per heavy atom. The van der Waals surface area contributed by atoms with Gasteiger partial charge in [-0.25, -0.2) is 5.84 Å². The highest BCUT2D eigenvalue weighted by Gasteiger charge is 2.07. The number of rotatable bonds is 2. The molecule has 0 aromatic heterocycles. The van der Waals surface area contributed by atoms with Crippen LogP contribution in [0.2, 0.25) is 0 Å². The van der Waals surface area contributed by atoms with E-state index >= 15 is 0 Å². The summed E-state index contributed by atoms with van der Waals surface area (Å²) in [5, 5.41) is 1.68. The summed E-state index contributed by atoms with van der Waals surface area (Å²) in [5.74, 6) is 5.61. The minimum absolute atomic E-state index is 0.294. The van der Waals surface area contributed by atoms with E-state index in [1.807, 2.05) is 24.4 Å². The van der Waals surface area contributed by atoms with Crippen molar-refractivity contribution in [3.8, 4) is 0 Å². The molecule has 0 saturated heterocycles. The Bertz CT molecular complexity index is 170. The lowest BCUT2D eigenvalue weighted by Gasteiger charge is -2.23. The molecule has 1 atom stereocenters. The van der Waals surface area contributed by atoms with E-state index in [1.54, 1.807) is 5.01 Å². The molecule has 0 aromatic carbocycles. The van der Waals surface area contributed by atoms with Crippen molar-refractivity contribution in [2.45, 2.75) is 12.5 Å². The van der Waals surface area contributed by atoms with E-state index in [0.717, 1.165) is 6.42 Å². The number of nitrogens with zero attached hydrogens (tertiary/aromatic N) is 1. The molecule has 1 aliphatic heterocycles. The van der Waals surface area contributed by atoms with E-state index < -0.39 is 0 Å². The summed E-state index contributed by atoms with van der Waals surface area (Å²) in [7, 11) is 0. The third kappa shape index (κ3) is 1.48. The average Bonchev–Trinajstić information content (AvgIpc) is 1.94. The van der Waals surface area contributed by atoms with Gasteiger partial charge >= 0.3 is 0 Å². The van der Waals surface area contributed by atoms with Gasteiger partial charge in [0, 0.05) is 6.20 Å². The van der Waals surface area contributed by atoms with E-state index in [-0.39, 0.29) is 0 Å². The van der Waals surface area contributed by atoms with Crippen molar-refractivity contribution in [2.75, 3.05) is 0 Å². The molecule has 2 heteroatoms. The van der Waals surface area contributed by atoms with E-state index in [4.69, 9.17) is 5.84 Å². The van der Waals surface area contributed by atoms with Gasteiger partial charge in [-0.15, -0.1) is 6.58 Å². The normalized spacial score (nSPS) is 23.3. The Morgan fingerprint density at radius 2 is 2.40 bits per heavy atom. The molecule has 10 heavy (non-hydrogen) atoms. The zero-order chi connectivity index (χ0) is 7.40. The summed E-state index contributed by atoms with van der Waals surface area (Å²) in [6.07, 6.45) is 10.6. The molecule has 2 nitrogen and oxygen atoms in total. The van der Waals surface area contributed by atoms with Gasteiger partial charge in [-0.3, -0.25) is 0 Å². The van der Waals surface area contributed by atoms with Gasteiger partial charge in [-0.2, -0.15) is 0 Å². The molecule has 0 bridgehead atoms. The van der Waals surface area contributed by atoms with Gasteiger partial charge in [-0.05, 0) is 12.5 Å². The fourth-order valence-corrected chi connectivity index (χ4v) is 0.922. The number of nitrogens with two attached hydrogens (primary N) is 1. The molecule has 1 unspecified atom stereocenters. The highest BCUT2D eigenvalue weighted by molar-refractivity contribution is 5.12. The van der Waals surface area contributed by atoms with E-state index in [0.29, 0.717) is 6.04 Å². The molecular formula is C8H12N2. The lowest BCUT2D eigenvalue weighted by molar-refractivity contribution is 0.329. The summed E-state index contributed by atoms with van der Waals surface area (Å²) in [4.78, 5) is 0. The second kappa shape index (κ2) is 3.22. The molecule has 1 rings (SSSR count). The van der Waals surface area contributed by atoms with E-state index in [2.05, 4.69) is 12.7 Å². The second-order valence-corrected chi connectivity index (χ2v) is 2.27. The van der Waals surface area contributed by atoms with Gasteiger partial charge in [0.05, 0.1) is 6.04 Å². The number of hydrogen-bond acceptors (Lipinski definition) is 2. The smallest absolute Gasteiger partial charge is 0.0663 e. The van der Waals surface area contributed by atoms with Gasteiger partial charge in [0.15, 0.2) is 0 Å². The minimum atomic E-state index is 0.294. The minimum Gasteiger partial charge on any atom is -0.311 e.